The van der Waals surface area contributed by atoms with Crippen LogP contribution in [-0.2, 0) is 10.0 Å². The standard InChI is InChI=1S/C8H10FNO4S/c1-13-5-3-6(9)8(15(10,11)12)7(4-5)14-2/h3-4H,1-2H3,(H2,10,11,12). The second kappa shape index (κ2) is 4.03. The predicted molar refractivity (Wildman–Crippen MR) is 50.9 cm³/mol. The monoisotopic (exact) mass is 235 g/mol. The minimum absolute atomic E-state index is 0.150. The lowest BCUT2D eigenvalue weighted by atomic mass is 10.3. The predicted octanol–water partition coefficient (Wildman–Crippen LogP) is 0.490. The number of hydrogen-bond donors (Lipinski definition) is 1. The van der Waals surface area contributed by atoms with Crippen LogP contribution in [0.5, 0.6) is 11.5 Å². The zero-order valence-corrected chi connectivity index (χ0v) is 8.97. The number of nitrogens with two attached hydrogens (primary N) is 1. The summed E-state index contributed by atoms with van der Waals surface area (Å²) in [6, 6.07) is 2.16. The minimum Gasteiger partial charge on any atom is -0.497 e. The molecule has 0 bridgehead atoms. The molecule has 0 aliphatic carbocycles. The van der Waals surface area contributed by atoms with E-state index in [-0.39, 0.29) is 11.5 Å². The van der Waals surface area contributed by atoms with Crippen molar-refractivity contribution in [3.8, 4) is 11.5 Å². The Kier molecular flexibility index (Phi) is 3.15. The molecule has 0 unspecified atom stereocenters. The van der Waals surface area contributed by atoms with Crippen LogP contribution in [0.1, 0.15) is 0 Å². The Morgan fingerprint density at radius 3 is 2.27 bits per heavy atom. The van der Waals surface area contributed by atoms with Crippen molar-refractivity contribution in [1.82, 2.24) is 0 Å². The summed E-state index contributed by atoms with van der Waals surface area (Å²) < 4.78 is 44.9. The lowest BCUT2D eigenvalue weighted by Crippen LogP contribution is -2.15. The molecule has 15 heavy (non-hydrogen) atoms. The SMILES string of the molecule is COc1cc(F)c(S(N)(=O)=O)c(OC)c1. The number of hydrogen-bond acceptors (Lipinski definition) is 4. The Morgan fingerprint density at radius 2 is 1.87 bits per heavy atom. The van der Waals surface area contributed by atoms with Crippen molar-refractivity contribution < 1.29 is 22.3 Å². The fraction of sp³-hybridized carbons (Fsp3) is 0.250. The van der Waals surface area contributed by atoms with E-state index in [2.05, 4.69) is 0 Å². The van der Waals surface area contributed by atoms with Gasteiger partial charge in [-0.05, 0) is 0 Å². The fourth-order valence-electron chi connectivity index (χ4n) is 1.09. The summed E-state index contributed by atoms with van der Waals surface area (Å²) in [6.45, 7) is 0. The third kappa shape index (κ3) is 2.37. The molecular weight excluding hydrogens is 225 g/mol. The highest BCUT2D eigenvalue weighted by Gasteiger charge is 2.21. The van der Waals surface area contributed by atoms with Gasteiger partial charge < -0.3 is 9.47 Å². The molecule has 0 aliphatic heterocycles. The smallest absolute Gasteiger partial charge is 0.244 e. The van der Waals surface area contributed by atoms with Crippen LogP contribution >= 0.6 is 0 Å². The molecule has 0 aliphatic rings. The number of halogens is 1. The first-order valence-corrected chi connectivity index (χ1v) is 5.39. The summed E-state index contributed by atoms with van der Waals surface area (Å²) in [4.78, 5) is -0.675. The average Bonchev–Trinajstić information content (AvgIpc) is 2.14. The Bertz CT molecular complexity index is 472. The highest BCUT2D eigenvalue weighted by molar-refractivity contribution is 7.89. The van der Waals surface area contributed by atoms with Crippen LogP contribution in [0.4, 0.5) is 4.39 Å². The number of methoxy groups -OCH3 is 2. The zero-order chi connectivity index (χ0) is 11.6. The van der Waals surface area contributed by atoms with Crippen molar-refractivity contribution >= 4 is 10.0 Å². The van der Waals surface area contributed by atoms with Gasteiger partial charge in [-0.25, -0.2) is 17.9 Å². The third-order valence-electron chi connectivity index (χ3n) is 1.72. The van der Waals surface area contributed by atoms with Crippen LogP contribution in [-0.4, -0.2) is 22.6 Å². The molecule has 0 atom stereocenters. The fourth-order valence-corrected chi connectivity index (χ4v) is 1.84. The molecule has 0 radical (unpaired) electrons. The van der Waals surface area contributed by atoms with Crippen molar-refractivity contribution in [2.24, 2.45) is 5.14 Å². The number of benzene rings is 1. The number of primary sulfonamides is 1. The van der Waals surface area contributed by atoms with Crippen LogP contribution in [0, 0.1) is 5.82 Å². The Morgan fingerprint density at radius 1 is 1.27 bits per heavy atom. The first-order valence-electron chi connectivity index (χ1n) is 3.84. The molecule has 0 heterocycles. The van der Waals surface area contributed by atoms with Gasteiger partial charge in [-0.1, -0.05) is 0 Å². The second-order valence-corrected chi connectivity index (χ2v) is 4.18. The molecule has 1 aromatic carbocycles. The van der Waals surface area contributed by atoms with E-state index in [1.807, 2.05) is 0 Å². The Hall–Kier alpha value is -1.34. The number of sulfonamides is 1. The van der Waals surface area contributed by atoms with Gasteiger partial charge in [0.1, 0.15) is 11.5 Å². The van der Waals surface area contributed by atoms with Gasteiger partial charge >= 0.3 is 0 Å². The highest BCUT2D eigenvalue weighted by atomic mass is 32.2. The van der Waals surface area contributed by atoms with Gasteiger partial charge in [0.15, 0.2) is 10.7 Å². The molecular formula is C8H10FNO4S. The van der Waals surface area contributed by atoms with Crippen molar-refractivity contribution in [3.63, 3.8) is 0 Å². The van der Waals surface area contributed by atoms with Crippen molar-refractivity contribution in [2.75, 3.05) is 14.2 Å². The summed E-state index contributed by atoms with van der Waals surface area (Å²) in [5, 5.41) is 4.84. The van der Waals surface area contributed by atoms with E-state index >= 15 is 0 Å². The molecule has 1 aromatic rings. The Balaban J connectivity index is 3.52. The quantitative estimate of drug-likeness (QED) is 0.827. The molecule has 7 heteroatoms. The van der Waals surface area contributed by atoms with Crippen LogP contribution in [0.3, 0.4) is 0 Å². The summed E-state index contributed by atoms with van der Waals surface area (Å²) >= 11 is 0. The molecule has 0 fully saturated rings. The van der Waals surface area contributed by atoms with Crippen molar-refractivity contribution in [1.29, 1.82) is 0 Å². The van der Waals surface area contributed by atoms with E-state index in [1.54, 1.807) is 0 Å². The molecule has 84 valence electrons. The average molecular weight is 235 g/mol. The molecule has 0 saturated carbocycles. The maximum atomic E-state index is 13.4. The third-order valence-corrected chi connectivity index (χ3v) is 2.69. The minimum atomic E-state index is -4.16. The molecule has 0 aromatic heterocycles. The van der Waals surface area contributed by atoms with E-state index in [0.29, 0.717) is 0 Å². The maximum absolute atomic E-state index is 13.4. The van der Waals surface area contributed by atoms with Gasteiger partial charge in [-0.2, -0.15) is 0 Å². The van der Waals surface area contributed by atoms with Gasteiger partial charge in [0.05, 0.1) is 14.2 Å². The summed E-state index contributed by atoms with van der Waals surface area (Å²) in [6.07, 6.45) is 0. The molecule has 1 rings (SSSR count). The molecule has 5 nitrogen and oxygen atoms in total. The van der Waals surface area contributed by atoms with Gasteiger partial charge in [-0.15, -0.1) is 0 Å². The van der Waals surface area contributed by atoms with E-state index in [1.165, 1.54) is 20.3 Å². The van der Waals surface area contributed by atoms with Crippen LogP contribution in [0.15, 0.2) is 17.0 Å². The van der Waals surface area contributed by atoms with Crippen molar-refractivity contribution in [2.45, 2.75) is 4.90 Å². The van der Waals surface area contributed by atoms with Gasteiger partial charge in [0, 0.05) is 12.1 Å². The van der Waals surface area contributed by atoms with Crippen LogP contribution in [0.2, 0.25) is 0 Å². The van der Waals surface area contributed by atoms with Crippen LogP contribution < -0.4 is 14.6 Å². The lowest BCUT2D eigenvalue weighted by Gasteiger charge is -2.09. The van der Waals surface area contributed by atoms with E-state index in [9.17, 15) is 12.8 Å². The first-order chi connectivity index (χ1) is 6.90. The molecule has 0 spiro atoms. The zero-order valence-electron chi connectivity index (χ0n) is 8.15. The van der Waals surface area contributed by atoms with E-state index in [4.69, 9.17) is 14.6 Å². The normalized spacial score (nSPS) is 11.2. The van der Waals surface area contributed by atoms with Crippen LogP contribution in [0.25, 0.3) is 0 Å². The molecule has 0 amide bonds. The van der Waals surface area contributed by atoms with E-state index < -0.39 is 20.7 Å². The summed E-state index contributed by atoms with van der Waals surface area (Å²) in [7, 11) is -1.62. The van der Waals surface area contributed by atoms with Crippen molar-refractivity contribution in [3.05, 3.63) is 17.9 Å². The first kappa shape index (κ1) is 11.7. The molecule has 0 saturated heterocycles. The second-order valence-electron chi connectivity index (χ2n) is 2.69. The topological polar surface area (TPSA) is 78.6 Å². The van der Waals surface area contributed by atoms with Gasteiger partial charge in [-0.3, -0.25) is 0 Å². The van der Waals surface area contributed by atoms with Gasteiger partial charge in [0.25, 0.3) is 0 Å². The molecule has 2 N–H and O–H groups in total. The lowest BCUT2D eigenvalue weighted by molar-refractivity contribution is 0.376. The number of rotatable bonds is 3. The highest BCUT2D eigenvalue weighted by Crippen LogP contribution is 2.30. The maximum Gasteiger partial charge on any atom is 0.244 e. The summed E-state index contributed by atoms with van der Waals surface area (Å²) in [5.74, 6) is -1.04. The summed E-state index contributed by atoms with van der Waals surface area (Å²) in [5.41, 5.74) is 0. The number of ether oxygens (including phenoxy) is 2. The Labute approximate surface area is 86.7 Å². The van der Waals surface area contributed by atoms with E-state index in [0.717, 1.165) is 6.07 Å². The van der Waals surface area contributed by atoms with Gasteiger partial charge in [0.2, 0.25) is 10.0 Å². The largest absolute Gasteiger partial charge is 0.497 e.